The van der Waals surface area contributed by atoms with Crippen LogP contribution in [0.1, 0.15) is 34.6 Å². The summed E-state index contributed by atoms with van der Waals surface area (Å²) in [5.74, 6) is -1.42. The Morgan fingerprint density at radius 2 is 1.59 bits per heavy atom. The topological polar surface area (TPSA) is 63.6 Å². The second-order valence-electron chi connectivity index (χ2n) is 5.14. The van der Waals surface area contributed by atoms with Crippen LogP contribution in [0.4, 0.5) is 0 Å². The van der Waals surface area contributed by atoms with Crippen molar-refractivity contribution in [3.8, 4) is 0 Å². The summed E-state index contributed by atoms with van der Waals surface area (Å²) < 4.78 is 5.08. The molecule has 0 bridgehead atoms. The monoisotopic (exact) mass is 240 g/mol. The van der Waals surface area contributed by atoms with Crippen molar-refractivity contribution in [3.63, 3.8) is 0 Å². The molecule has 0 spiro atoms. The maximum Gasteiger partial charge on any atom is 0.333 e. The molecule has 0 aliphatic rings. The van der Waals surface area contributed by atoms with E-state index in [0.29, 0.717) is 12.2 Å². The fourth-order valence-corrected chi connectivity index (χ4v) is 0.785. The molecule has 0 saturated carbocycles. The van der Waals surface area contributed by atoms with Crippen LogP contribution in [0.3, 0.4) is 0 Å². The highest BCUT2D eigenvalue weighted by Gasteiger charge is 2.14. The summed E-state index contributed by atoms with van der Waals surface area (Å²) in [6.07, 6.45) is 2.84. The van der Waals surface area contributed by atoms with Crippen molar-refractivity contribution < 1.29 is 19.4 Å². The summed E-state index contributed by atoms with van der Waals surface area (Å²) in [5, 5.41) is 8.63. The van der Waals surface area contributed by atoms with E-state index in [1.807, 2.05) is 20.8 Å². The molecule has 0 aromatic carbocycles. The van der Waals surface area contributed by atoms with Gasteiger partial charge in [-0.3, -0.25) is 0 Å². The molecule has 0 aliphatic carbocycles. The van der Waals surface area contributed by atoms with Gasteiger partial charge in [-0.1, -0.05) is 32.9 Å². The highest BCUT2D eigenvalue weighted by molar-refractivity contribution is 5.89. The summed E-state index contributed by atoms with van der Waals surface area (Å²) in [7, 11) is 0. The van der Waals surface area contributed by atoms with Crippen LogP contribution in [0, 0.1) is 5.41 Å². The minimum Gasteiger partial charge on any atom is -0.478 e. The molecular weight excluding hydrogens is 220 g/mol. The first kappa shape index (κ1) is 15.4. The first-order valence-corrected chi connectivity index (χ1v) is 5.39. The molecule has 0 rings (SSSR count). The number of allylic oxidation sites excluding steroid dienone is 2. The predicted molar refractivity (Wildman–Crippen MR) is 65.6 cm³/mol. The van der Waals surface area contributed by atoms with Gasteiger partial charge in [0.05, 0.1) is 6.61 Å². The number of aliphatic carboxylic acids is 1. The minimum atomic E-state index is -1.00. The fourth-order valence-electron chi connectivity index (χ4n) is 0.785. The normalized spacial score (nSPS) is 13.5. The Labute approximate surface area is 102 Å². The van der Waals surface area contributed by atoms with Gasteiger partial charge in [-0.25, -0.2) is 9.59 Å². The number of carboxylic acid groups (broad SMARTS) is 1. The van der Waals surface area contributed by atoms with E-state index >= 15 is 0 Å². The third kappa shape index (κ3) is 7.33. The van der Waals surface area contributed by atoms with Crippen LogP contribution >= 0.6 is 0 Å². The molecule has 0 aliphatic heterocycles. The molecule has 4 nitrogen and oxygen atoms in total. The van der Waals surface area contributed by atoms with Gasteiger partial charge < -0.3 is 9.84 Å². The van der Waals surface area contributed by atoms with Crippen molar-refractivity contribution in [1.29, 1.82) is 0 Å². The number of carbonyl (C=O) groups is 2. The molecule has 1 N–H and O–H groups in total. The lowest BCUT2D eigenvalue weighted by Gasteiger charge is -2.17. The zero-order chi connectivity index (χ0) is 13.6. The second-order valence-corrected chi connectivity index (χ2v) is 5.14. The average molecular weight is 240 g/mol. The Balaban J connectivity index is 4.46. The number of carbonyl (C=O) groups excluding carboxylic acids is 1. The molecule has 0 radical (unpaired) electrons. The Bertz CT molecular complexity index is 356. The summed E-state index contributed by atoms with van der Waals surface area (Å²) in [6.45, 7) is 9.29. The number of hydrogen-bond acceptors (Lipinski definition) is 3. The summed E-state index contributed by atoms with van der Waals surface area (Å²) in [4.78, 5) is 22.0. The highest BCUT2D eigenvalue weighted by atomic mass is 16.5. The second kappa shape index (κ2) is 6.23. The van der Waals surface area contributed by atoms with E-state index in [-0.39, 0.29) is 11.0 Å². The van der Waals surface area contributed by atoms with Gasteiger partial charge >= 0.3 is 11.9 Å². The fraction of sp³-hybridized carbons (Fsp3) is 0.538. The van der Waals surface area contributed by atoms with Crippen molar-refractivity contribution in [1.82, 2.24) is 0 Å². The molecule has 0 unspecified atom stereocenters. The average Bonchev–Trinajstić information content (AvgIpc) is 2.20. The molecule has 17 heavy (non-hydrogen) atoms. The van der Waals surface area contributed by atoms with Crippen molar-refractivity contribution >= 4 is 11.9 Å². The molecule has 0 fully saturated rings. The number of hydrogen-bond donors (Lipinski definition) is 1. The lowest BCUT2D eigenvalue weighted by molar-refractivity contribution is -0.141. The van der Waals surface area contributed by atoms with E-state index in [0.717, 1.165) is 0 Å². The molecule has 0 saturated heterocycles. The van der Waals surface area contributed by atoms with Crippen LogP contribution < -0.4 is 0 Å². The molecule has 0 atom stereocenters. The van der Waals surface area contributed by atoms with Gasteiger partial charge in [0.1, 0.15) is 0 Å². The zero-order valence-corrected chi connectivity index (χ0v) is 11.0. The van der Waals surface area contributed by atoms with Crippen LogP contribution in [-0.4, -0.2) is 23.7 Å². The first-order valence-electron chi connectivity index (χ1n) is 5.39. The maximum absolute atomic E-state index is 11.5. The van der Waals surface area contributed by atoms with E-state index in [1.165, 1.54) is 19.1 Å². The Hall–Kier alpha value is -1.58. The molecule has 4 heteroatoms. The first-order chi connectivity index (χ1) is 7.63. The van der Waals surface area contributed by atoms with Gasteiger partial charge in [-0.2, -0.15) is 0 Å². The number of carboxylic acids is 1. The smallest absolute Gasteiger partial charge is 0.333 e. The lowest BCUT2D eigenvalue weighted by atomic mass is 9.99. The number of ether oxygens (including phenoxy) is 1. The van der Waals surface area contributed by atoms with Crippen LogP contribution in [0.25, 0.3) is 0 Å². The minimum absolute atomic E-state index is 0.0806. The number of rotatable bonds is 4. The molecule has 0 aromatic rings. The van der Waals surface area contributed by atoms with Gasteiger partial charge in [-0.15, -0.1) is 0 Å². The van der Waals surface area contributed by atoms with Gasteiger partial charge in [0, 0.05) is 11.1 Å². The van der Waals surface area contributed by atoms with Gasteiger partial charge in [0.2, 0.25) is 0 Å². The van der Waals surface area contributed by atoms with Crippen molar-refractivity contribution in [2.24, 2.45) is 5.41 Å². The lowest BCUT2D eigenvalue weighted by Crippen LogP contribution is -2.18. The van der Waals surface area contributed by atoms with E-state index in [2.05, 4.69) is 0 Å². The van der Waals surface area contributed by atoms with E-state index < -0.39 is 11.9 Å². The molecule has 0 aromatic heterocycles. The molecule has 0 heterocycles. The summed E-state index contributed by atoms with van der Waals surface area (Å²) in [6, 6.07) is 0. The Morgan fingerprint density at radius 1 is 1.12 bits per heavy atom. The van der Waals surface area contributed by atoms with E-state index in [4.69, 9.17) is 9.84 Å². The highest BCUT2D eigenvalue weighted by Crippen LogP contribution is 2.14. The van der Waals surface area contributed by atoms with E-state index in [1.54, 1.807) is 6.92 Å². The largest absolute Gasteiger partial charge is 0.478 e. The van der Waals surface area contributed by atoms with E-state index in [9.17, 15) is 9.59 Å². The standard InChI is InChI=1S/C13H20O4/c1-9(11(14)15)6-7-10(2)12(16)17-8-13(3,4)5/h6-7H,8H2,1-5H3,(H,14,15). The van der Waals surface area contributed by atoms with Crippen LogP contribution in [-0.2, 0) is 14.3 Å². The molecular formula is C13H20O4. The molecule has 96 valence electrons. The van der Waals surface area contributed by atoms with Gasteiger partial charge in [0.25, 0.3) is 0 Å². The summed E-state index contributed by atoms with van der Waals surface area (Å²) in [5.41, 5.74) is 0.478. The van der Waals surface area contributed by atoms with Crippen molar-refractivity contribution in [2.45, 2.75) is 34.6 Å². The van der Waals surface area contributed by atoms with Crippen LogP contribution in [0.5, 0.6) is 0 Å². The van der Waals surface area contributed by atoms with Crippen molar-refractivity contribution in [3.05, 3.63) is 23.3 Å². The quantitative estimate of drug-likeness (QED) is 0.466. The van der Waals surface area contributed by atoms with Crippen LogP contribution in [0.2, 0.25) is 0 Å². The zero-order valence-electron chi connectivity index (χ0n) is 11.0. The van der Waals surface area contributed by atoms with Gasteiger partial charge in [-0.05, 0) is 19.3 Å². The Morgan fingerprint density at radius 3 is 2.00 bits per heavy atom. The number of esters is 1. The summed E-state index contributed by atoms with van der Waals surface area (Å²) >= 11 is 0. The third-order valence-electron chi connectivity index (χ3n) is 1.88. The SMILES string of the molecule is CC(=CC=C(C)C(=O)OCC(C)(C)C)C(=O)O. The predicted octanol–water partition coefficient (Wildman–Crippen LogP) is 2.55. The van der Waals surface area contributed by atoms with Crippen LogP contribution in [0.15, 0.2) is 23.3 Å². The maximum atomic E-state index is 11.5. The van der Waals surface area contributed by atoms with Gasteiger partial charge in [0.15, 0.2) is 0 Å². The van der Waals surface area contributed by atoms with Crippen molar-refractivity contribution in [2.75, 3.05) is 6.61 Å². The third-order valence-corrected chi connectivity index (χ3v) is 1.88. The molecule has 0 amide bonds. The Kier molecular flexibility index (Phi) is 5.65.